The van der Waals surface area contributed by atoms with Gasteiger partial charge in [-0.3, -0.25) is 0 Å². The Kier molecular flexibility index (Phi) is 3.91. The van der Waals surface area contributed by atoms with Crippen molar-refractivity contribution in [3.8, 4) is 0 Å². The highest BCUT2D eigenvalue weighted by Gasteiger charge is 2.12. The maximum Gasteiger partial charge on any atom is 0.334 e. The number of hydrogen-bond donors (Lipinski definition) is 3. The molecule has 1 unspecified atom stereocenters. The fraction of sp³-hybridized carbons (Fsp3) is 0.222. The summed E-state index contributed by atoms with van der Waals surface area (Å²) in [5.41, 5.74) is 0.757. The minimum Gasteiger partial charge on any atom is -0.479 e. The molecule has 0 heterocycles. The fourth-order valence-electron chi connectivity index (χ4n) is 0.899. The second-order valence-corrected chi connectivity index (χ2v) is 3.57. The average Bonchev–Trinajstić information content (AvgIpc) is 2.16. The van der Waals surface area contributed by atoms with E-state index in [9.17, 15) is 4.79 Å². The lowest BCUT2D eigenvalue weighted by Gasteiger charge is -2.09. The first-order chi connectivity index (χ1) is 6.61. The van der Waals surface area contributed by atoms with Crippen LogP contribution in [0.5, 0.6) is 0 Å². The molecule has 1 rings (SSSR count). The van der Waals surface area contributed by atoms with Crippen LogP contribution in [-0.4, -0.2) is 28.8 Å². The van der Waals surface area contributed by atoms with Crippen molar-refractivity contribution >= 4 is 27.6 Å². The number of aliphatic hydroxyl groups excluding tert-OH is 1. The van der Waals surface area contributed by atoms with Gasteiger partial charge in [0.25, 0.3) is 0 Å². The Morgan fingerprint density at radius 3 is 2.71 bits per heavy atom. The quantitative estimate of drug-likeness (QED) is 0.763. The third-order valence-corrected chi connectivity index (χ3v) is 2.34. The fourth-order valence-corrected chi connectivity index (χ4v) is 1.32. The maximum absolute atomic E-state index is 10.3. The lowest BCUT2D eigenvalue weighted by molar-refractivity contribution is -0.145. The normalized spacial score (nSPS) is 12.1. The van der Waals surface area contributed by atoms with Gasteiger partial charge in [0.15, 0.2) is 6.10 Å². The van der Waals surface area contributed by atoms with E-state index in [0.29, 0.717) is 0 Å². The van der Waals surface area contributed by atoms with E-state index in [2.05, 4.69) is 21.2 Å². The van der Waals surface area contributed by atoms with Gasteiger partial charge in [-0.1, -0.05) is 12.1 Å². The molecule has 0 aliphatic carbocycles. The van der Waals surface area contributed by atoms with Crippen LogP contribution in [0.25, 0.3) is 0 Å². The van der Waals surface area contributed by atoms with E-state index in [0.717, 1.165) is 10.2 Å². The molecule has 0 amide bonds. The Morgan fingerprint density at radius 2 is 2.14 bits per heavy atom. The van der Waals surface area contributed by atoms with Gasteiger partial charge >= 0.3 is 5.97 Å². The van der Waals surface area contributed by atoms with Gasteiger partial charge in [0, 0.05) is 10.2 Å². The zero-order chi connectivity index (χ0) is 10.6. The molecule has 3 N–H and O–H groups in total. The van der Waals surface area contributed by atoms with E-state index in [1.54, 1.807) is 6.07 Å². The summed E-state index contributed by atoms with van der Waals surface area (Å²) >= 11 is 3.29. The molecular weight excluding hydrogens is 250 g/mol. The van der Waals surface area contributed by atoms with Gasteiger partial charge in [-0.25, -0.2) is 4.79 Å². The molecule has 1 aromatic carbocycles. The summed E-state index contributed by atoms with van der Waals surface area (Å²) in [4.78, 5) is 10.3. The number of carboxylic acid groups (broad SMARTS) is 1. The largest absolute Gasteiger partial charge is 0.479 e. The molecule has 1 atom stereocenters. The molecule has 0 aliphatic heterocycles. The lowest BCUT2D eigenvalue weighted by Crippen LogP contribution is -2.28. The molecule has 0 saturated carbocycles. The van der Waals surface area contributed by atoms with Gasteiger partial charge in [-0.05, 0) is 28.1 Å². The van der Waals surface area contributed by atoms with E-state index in [1.165, 1.54) is 0 Å². The number of hydrogen-bond acceptors (Lipinski definition) is 3. The number of aliphatic hydroxyl groups is 1. The minimum absolute atomic E-state index is 0.0159. The third kappa shape index (κ3) is 3.01. The van der Waals surface area contributed by atoms with Gasteiger partial charge in [0.05, 0.1) is 6.54 Å². The molecule has 0 aliphatic rings. The number of nitrogens with one attached hydrogen (secondary N) is 1. The molecule has 4 nitrogen and oxygen atoms in total. The topological polar surface area (TPSA) is 69.6 Å². The van der Waals surface area contributed by atoms with Crippen molar-refractivity contribution in [2.45, 2.75) is 6.10 Å². The number of anilines is 1. The molecule has 0 radical (unpaired) electrons. The van der Waals surface area contributed by atoms with Crippen molar-refractivity contribution < 1.29 is 15.0 Å². The van der Waals surface area contributed by atoms with E-state index < -0.39 is 12.1 Å². The third-order valence-electron chi connectivity index (χ3n) is 1.64. The first-order valence-corrected chi connectivity index (χ1v) is 4.80. The van der Waals surface area contributed by atoms with Crippen molar-refractivity contribution in [3.05, 3.63) is 28.7 Å². The Morgan fingerprint density at radius 1 is 1.50 bits per heavy atom. The SMILES string of the molecule is O=C(O)C(O)CNc1ccccc1Br. The molecule has 1 aromatic rings. The van der Waals surface area contributed by atoms with Crippen LogP contribution < -0.4 is 5.32 Å². The summed E-state index contributed by atoms with van der Waals surface area (Å²) in [6.07, 6.45) is -1.39. The second kappa shape index (κ2) is 4.97. The maximum atomic E-state index is 10.3. The zero-order valence-electron chi connectivity index (χ0n) is 7.27. The van der Waals surface area contributed by atoms with Gasteiger partial charge in [0.2, 0.25) is 0 Å². The number of aliphatic carboxylic acids is 1. The van der Waals surface area contributed by atoms with Crippen molar-refractivity contribution in [1.29, 1.82) is 0 Å². The van der Waals surface area contributed by atoms with Gasteiger partial charge in [-0.15, -0.1) is 0 Å². The predicted octanol–water partition coefficient (Wildman–Crippen LogP) is 1.31. The highest BCUT2D eigenvalue weighted by atomic mass is 79.9. The first-order valence-electron chi connectivity index (χ1n) is 4.00. The van der Waals surface area contributed by atoms with Crippen LogP contribution in [0, 0.1) is 0 Å². The minimum atomic E-state index is -1.39. The molecule has 0 aromatic heterocycles. The Bertz CT molecular complexity index is 330. The Labute approximate surface area is 89.7 Å². The van der Waals surface area contributed by atoms with Crippen molar-refractivity contribution in [2.75, 3.05) is 11.9 Å². The number of para-hydroxylation sites is 1. The van der Waals surface area contributed by atoms with Crippen LogP contribution in [0.3, 0.4) is 0 Å². The van der Waals surface area contributed by atoms with Gasteiger partial charge < -0.3 is 15.5 Å². The van der Waals surface area contributed by atoms with E-state index in [4.69, 9.17) is 10.2 Å². The zero-order valence-corrected chi connectivity index (χ0v) is 8.86. The van der Waals surface area contributed by atoms with Gasteiger partial charge in [-0.2, -0.15) is 0 Å². The molecule has 0 fully saturated rings. The van der Waals surface area contributed by atoms with Crippen molar-refractivity contribution in [1.82, 2.24) is 0 Å². The monoisotopic (exact) mass is 259 g/mol. The number of rotatable bonds is 4. The van der Waals surface area contributed by atoms with Crippen LogP contribution >= 0.6 is 15.9 Å². The number of carboxylic acids is 1. The van der Waals surface area contributed by atoms with Crippen LogP contribution in [0.1, 0.15) is 0 Å². The van der Waals surface area contributed by atoms with E-state index >= 15 is 0 Å². The number of benzene rings is 1. The summed E-state index contributed by atoms with van der Waals surface area (Å²) in [5, 5.41) is 20.2. The number of carbonyl (C=O) groups is 1. The van der Waals surface area contributed by atoms with Crippen LogP contribution in [0.4, 0.5) is 5.69 Å². The molecule has 0 saturated heterocycles. The van der Waals surface area contributed by atoms with Crippen LogP contribution in [0.15, 0.2) is 28.7 Å². The molecule has 5 heteroatoms. The molecule has 0 spiro atoms. The highest BCUT2D eigenvalue weighted by molar-refractivity contribution is 9.10. The molecule has 76 valence electrons. The Hall–Kier alpha value is -1.07. The predicted molar refractivity (Wildman–Crippen MR) is 56.3 cm³/mol. The van der Waals surface area contributed by atoms with Crippen molar-refractivity contribution in [2.24, 2.45) is 0 Å². The van der Waals surface area contributed by atoms with E-state index in [1.807, 2.05) is 18.2 Å². The summed E-state index contributed by atoms with van der Waals surface area (Å²) in [6, 6.07) is 7.29. The average molecular weight is 260 g/mol. The highest BCUT2D eigenvalue weighted by Crippen LogP contribution is 2.20. The van der Waals surface area contributed by atoms with Gasteiger partial charge in [0.1, 0.15) is 0 Å². The second-order valence-electron chi connectivity index (χ2n) is 2.71. The lowest BCUT2D eigenvalue weighted by atomic mass is 10.3. The van der Waals surface area contributed by atoms with Crippen molar-refractivity contribution in [3.63, 3.8) is 0 Å². The Balaban J connectivity index is 2.54. The summed E-state index contributed by atoms with van der Waals surface area (Å²) in [6.45, 7) is -0.0159. The first kappa shape index (κ1) is 11.0. The number of halogens is 1. The van der Waals surface area contributed by atoms with Crippen LogP contribution in [-0.2, 0) is 4.79 Å². The summed E-state index contributed by atoms with van der Waals surface area (Å²) in [7, 11) is 0. The molecule has 14 heavy (non-hydrogen) atoms. The molecule has 0 bridgehead atoms. The standard InChI is InChI=1S/C9H10BrNO3/c10-6-3-1-2-4-7(6)11-5-8(12)9(13)14/h1-4,8,11-12H,5H2,(H,13,14). The smallest absolute Gasteiger partial charge is 0.334 e. The molecular formula is C9H10BrNO3. The summed E-state index contributed by atoms with van der Waals surface area (Å²) < 4.78 is 0.831. The van der Waals surface area contributed by atoms with E-state index in [-0.39, 0.29) is 6.54 Å². The summed E-state index contributed by atoms with van der Waals surface area (Å²) in [5.74, 6) is -1.23. The van der Waals surface area contributed by atoms with Crippen LogP contribution in [0.2, 0.25) is 0 Å².